The zero-order valence-corrected chi connectivity index (χ0v) is 10.3. The Labute approximate surface area is 114 Å². The molecule has 0 saturated carbocycles. The van der Waals surface area contributed by atoms with Crippen molar-refractivity contribution in [3.63, 3.8) is 0 Å². The van der Waals surface area contributed by atoms with Crippen molar-refractivity contribution in [2.75, 3.05) is 0 Å². The number of hydrogen-bond donors (Lipinski definition) is 0. The highest BCUT2D eigenvalue weighted by Gasteiger charge is 2.58. The molecule has 2 aromatic rings. The van der Waals surface area contributed by atoms with Gasteiger partial charge in [-0.15, -0.1) is 0 Å². The smallest absolute Gasteiger partial charge is 0.590 e. The number of fused-ring (bicyclic) bond motifs is 4. The summed E-state index contributed by atoms with van der Waals surface area (Å²) in [4.78, 5) is 11.9. The van der Waals surface area contributed by atoms with Gasteiger partial charge < -0.3 is 18.1 Å². The highest BCUT2D eigenvalue weighted by molar-refractivity contribution is 6.57. The van der Waals surface area contributed by atoms with Crippen LogP contribution in [-0.4, -0.2) is 23.6 Å². The molecule has 2 aliphatic rings. The molecule has 2 aliphatic heterocycles. The average Bonchev–Trinajstić information content (AvgIpc) is 2.45. The second-order valence-corrected chi connectivity index (χ2v) is 4.70. The van der Waals surface area contributed by atoms with E-state index in [1.807, 2.05) is 12.1 Å². The Hall–Kier alpha value is -2.63. The monoisotopic (exact) mass is 269 g/mol. The lowest BCUT2D eigenvalue weighted by molar-refractivity contribution is -0.356. The molecular weight excluding hydrogens is 260 g/mol. The number of benzene rings is 2. The SMILES string of the molecule is O=C1O[B@@-]2(F)Oc3ccccc3C=[N+]2c2ccccc21. The summed E-state index contributed by atoms with van der Waals surface area (Å²) in [6.07, 6.45) is 1.60. The van der Waals surface area contributed by atoms with Crippen molar-refractivity contribution >= 4 is 24.8 Å². The summed E-state index contributed by atoms with van der Waals surface area (Å²) < 4.78 is 26.4. The fraction of sp³-hybridized carbons (Fsp3) is 0. The van der Waals surface area contributed by atoms with Crippen LogP contribution in [0.25, 0.3) is 0 Å². The van der Waals surface area contributed by atoms with Gasteiger partial charge in [-0.25, -0.2) is 0 Å². The molecule has 0 bridgehead atoms. The number of halogens is 1. The number of hydrogen-bond acceptors (Lipinski definition) is 3. The first kappa shape index (κ1) is 11.2. The topological polar surface area (TPSA) is 38.5 Å². The lowest BCUT2D eigenvalue weighted by Gasteiger charge is -2.36. The molecule has 0 amide bonds. The van der Waals surface area contributed by atoms with Crippen LogP contribution in [0, 0.1) is 0 Å². The average molecular weight is 269 g/mol. The van der Waals surface area contributed by atoms with Gasteiger partial charge in [0.15, 0.2) is 5.69 Å². The quantitative estimate of drug-likeness (QED) is 0.689. The standard InChI is InChI=1S/C14H9BFNO3/c16-15-17(9-10-5-1-4-8-13(10)19-15)12-7-3-2-6-11(12)14(18)20-15/h1-9H/t15-/m1/s1. The maximum absolute atomic E-state index is 14.9. The first-order valence-electron chi connectivity index (χ1n) is 6.24. The zero-order valence-electron chi connectivity index (χ0n) is 10.3. The van der Waals surface area contributed by atoms with Crippen LogP contribution in [0.1, 0.15) is 15.9 Å². The number of rotatable bonds is 0. The van der Waals surface area contributed by atoms with E-state index in [1.165, 1.54) is 4.49 Å². The largest absolute Gasteiger partial charge is 0.858 e. The van der Waals surface area contributed by atoms with Crippen molar-refractivity contribution in [1.29, 1.82) is 0 Å². The molecule has 2 aromatic carbocycles. The normalized spacial score (nSPS) is 22.6. The molecule has 0 spiro atoms. The molecule has 0 saturated heterocycles. The Balaban J connectivity index is 2.00. The van der Waals surface area contributed by atoms with Crippen LogP contribution in [0.5, 0.6) is 5.75 Å². The molecule has 0 fully saturated rings. The molecule has 2 heterocycles. The van der Waals surface area contributed by atoms with Crippen LogP contribution in [0.4, 0.5) is 10.0 Å². The highest BCUT2D eigenvalue weighted by Crippen LogP contribution is 2.36. The fourth-order valence-electron chi connectivity index (χ4n) is 2.53. The van der Waals surface area contributed by atoms with Gasteiger partial charge in [-0.2, -0.15) is 0 Å². The lowest BCUT2D eigenvalue weighted by Crippen LogP contribution is -2.57. The molecule has 0 aromatic heterocycles. The molecule has 0 unspecified atom stereocenters. The molecule has 4 nitrogen and oxygen atoms in total. The second kappa shape index (κ2) is 3.69. The molecule has 98 valence electrons. The number of carbonyl (C=O) groups is 1. The number of carbonyl (C=O) groups excluding carboxylic acids is 1. The van der Waals surface area contributed by atoms with Gasteiger partial charge in [-0.1, -0.05) is 24.3 Å². The van der Waals surface area contributed by atoms with Gasteiger partial charge >= 0.3 is 12.9 Å². The van der Waals surface area contributed by atoms with Gasteiger partial charge in [0.05, 0.1) is 11.3 Å². The summed E-state index contributed by atoms with van der Waals surface area (Å²) in [7, 11) is 0. The van der Waals surface area contributed by atoms with Crippen molar-refractivity contribution in [2.24, 2.45) is 0 Å². The second-order valence-electron chi connectivity index (χ2n) is 4.70. The zero-order chi connectivity index (χ0) is 13.7. The summed E-state index contributed by atoms with van der Waals surface area (Å²) in [5.74, 6) is -0.356. The van der Waals surface area contributed by atoms with E-state index < -0.39 is 12.9 Å². The lowest BCUT2D eigenvalue weighted by atomic mass is 9.90. The van der Waals surface area contributed by atoms with Crippen molar-refractivity contribution in [2.45, 2.75) is 0 Å². The third-order valence-corrected chi connectivity index (χ3v) is 3.46. The van der Waals surface area contributed by atoms with Gasteiger partial charge in [0.1, 0.15) is 11.8 Å². The summed E-state index contributed by atoms with van der Waals surface area (Å²) >= 11 is 0. The Kier molecular flexibility index (Phi) is 2.07. The Morgan fingerprint density at radius 1 is 1.00 bits per heavy atom. The summed E-state index contributed by atoms with van der Waals surface area (Å²) in [6.45, 7) is -3.38. The first-order chi connectivity index (χ1) is 9.67. The van der Waals surface area contributed by atoms with Crippen molar-refractivity contribution in [1.82, 2.24) is 0 Å². The highest BCUT2D eigenvalue weighted by atomic mass is 19.1. The van der Waals surface area contributed by atoms with Crippen LogP contribution in [0.3, 0.4) is 0 Å². The maximum Gasteiger partial charge on any atom is 0.858 e. The molecule has 6 heteroatoms. The molecule has 0 aliphatic carbocycles. The Morgan fingerprint density at radius 2 is 1.75 bits per heavy atom. The van der Waals surface area contributed by atoms with E-state index in [4.69, 9.17) is 9.31 Å². The number of para-hydroxylation sites is 2. The van der Waals surface area contributed by atoms with E-state index in [1.54, 1.807) is 42.6 Å². The molecule has 4 rings (SSSR count). The van der Waals surface area contributed by atoms with E-state index in [0.29, 0.717) is 17.0 Å². The van der Waals surface area contributed by atoms with E-state index in [0.717, 1.165) is 5.56 Å². The van der Waals surface area contributed by atoms with E-state index in [2.05, 4.69) is 0 Å². The maximum atomic E-state index is 14.9. The Bertz CT molecular complexity index is 777. The van der Waals surface area contributed by atoms with Gasteiger partial charge in [0, 0.05) is 6.07 Å². The summed E-state index contributed by atoms with van der Waals surface area (Å²) in [5, 5.41) is 0. The minimum atomic E-state index is -3.38. The van der Waals surface area contributed by atoms with Gasteiger partial charge in [0.2, 0.25) is 0 Å². The Morgan fingerprint density at radius 3 is 2.65 bits per heavy atom. The molecule has 0 radical (unpaired) electrons. The van der Waals surface area contributed by atoms with Gasteiger partial charge in [0.25, 0.3) is 0 Å². The van der Waals surface area contributed by atoms with Crippen LogP contribution in [-0.2, 0) is 4.65 Å². The predicted octanol–water partition coefficient (Wildman–Crippen LogP) is 2.42. The number of nitrogens with zero attached hydrogens (tertiary/aromatic N) is 1. The first-order valence-corrected chi connectivity index (χ1v) is 6.24. The van der Waals surface area contributed by atoms with Crippen molar-refractivity contribution in [3.8, 4) is 5.75 Å². The molecule has 1 atom stereocenters. The van der Waals surface area contributed by atoms with Crippen LogP contribution >= 0.6 is 0 Å². The molecule has 0 N–H and O–H groups in total. The minimum Gasteiger partial charge on any atom is -0.590 e. The third-order valence-electron chi connectivity index (χ3n) is 3.46. The summed E-state index contributed by atoms with van der Waals surface area (Å²) in [6, 6.07) is 13.7. The van der Waals surface area contributed by atoms with Crippen LogP contribution < -0.4 is 4.65 Å². The van der Waals surface area contributed by atoms with Crippen LogP contribution in [0.15, 0.2) is 48.5 Å². The molecular formula is C14H9BFNO3. The van der Waals surface area contributed by atoms with E-state index in [9.17, 15) is 9.11 Å². The summed E-state index contributed by atoms with van der Waals surface area (Å²) in [5.41, 5.74) is 1.50. The van der Waals surface area contributed by atoms with Gasteiger partial charge in [-0.05, 0) is 18.2 Å². The van der Waals surface area contributed by atoms with Gasteiger partial charge in [-0.3, -0.25) is 4.79 Å². The van der Waals surface area contributed by atoms with Crippen LogP contribution in [0.2, 0.25) is 0 Å². The van der Waals surface area contributed by atoms with E-state index in [-0.39, 0.29) is 0 Å². The predicted molar refractivity (Wildman–Crippen MR) is 70.9 cm³/mol. The van der Waals surface area contributed by atoms with Crippen molar-refractivity contribution < 1.29 is 22.9 Å². The van der Waals surface area contributed by atoms with Crippen molar-refractivity contribution in [3.05, 3.63) is 59.7 Å². The van der Waals surface area contributed by atoms with E-state index >= 15 is 0 Å². The fourth-order valence-corrected chi connectivity index (χ4v) is 2.53. The molecule has 20 heavy (non-hydrogen) atoms. The minimum absolute atomic E-state index is 0.321. The third kappa shape index (κ3) is 1.42.